The highest BCUT2D eigenvalue weighted by molar-refractivity contribution is 6.01. The van der Waals surface area contributed by atoms with Crippen LogP contribution >= 0.6 is 0 Å². The lowest BCUT2D eigenvalue weighted by atomic mass is 9.93. The molecule has 0 fully saturated rings. The van der Waals surface area contributed by atoms with Crippen LogP contribution < -0.4 is 4.74 Å². The molecule has 0 spiro atoms. The normalized spacial score (nSPS) is 18.0. The van der Waals surface area contributed by atoms with Gasteiger partial charge in [0.05, 0.1) is 39.3 Å². The molecule has 0 radical (unpaired) electrons. The lowest BCUT2D eigenvalue weighted by molar-refractivity contribution is -0.116. The summed E-state index contributed by atoms with van der Waals surface area (Å²) in [5.41, 5.74) is 2.75. The van der Waals surface area contributed by atoms with Crippen molar-refractivity contribution in [2.45, 2.75) is 50.7 Å². The van der Waals surface area contributed by atoms with Gasteiger partial charge >= 0.3 is 0 Å². The summed E-state index contributed by atoms with van der Waals surface area (Å²) in [5.74, 6) is 1.96. The fourth-order valence-electron chi connectivity index (χ4n) is 7.77. The minimum absolute atomic E-state index is 0.0760. The Hall–Kier alpha value is -6.94. The minimum Gasteiger partial charge on any atom is -0.497 e. The number of hydrogen-bond acceptors (Lipinski definition) is 7. The first kappa shape index (κ1) is 42.2. The molecular formula is C52H50N2O7. The third kappa shape index (κ3) is 8.44. The van der Waals surface area contributed by atoms with Gasteiger partial charge in [0.2, 0.25) is 0 Å². The predicted octanol–water partition coefficient (Wildman–Crippen LogP) is 10.7. The standard InChI is InChI=1S/C29H27NO4.C19H15NO3.C4H8/c1-21(22-14-16-24(32-2)17-15-22)20-34-29(23-9-4-3-5-10-23)27-13-7-6-12-26(27)28(31)30(29)19-25-11-8-18-33-25;21-18-16-10-4-5-11-17(16)19(22,14-7-2-1-3-8-14)20(18)13-15-9-6-12-23-15;1-3-4-2/h3-18,21H,19-20H2,1-2H3;1-12,22H,13H2;3H,1,4H2,2H3/t21-,29?;;/m0../s1. The maximum absolute atomic E-state index is 13.7. The van der Waals surface area contributed by atoms with Gasteiger partial charge in [-0.2, -0.15) is 0 Å². The number of amides is 2. The molecule has 2 amide bonds. The molecule has 2 unspecified atom stereocenters. The number of methoxy groups -OCH3 is 1. The Kier molecular flexibility index (Phi) is 13.1. The fraction of sp³-hybridized carbons (Fsp3) is 0.192. The predicted molar refractivity (Wildman–Crippen MR) is 235 cm³/mol. The Morgan fingerprint density at radius 1 is 0.656 bits per heavy atom. The first-order valence-electron chi connectivity index (χ1n) is 20.4. The second kappa shape index (κ2) is 19.0. The van der Waals surface area contributed by atoms with Crippen LogP contribution in [0.15, 0.2) is 192 Å². The topological polar surface area (TPSA) is 106 Å². The molecule has 2 aromatic heterocycles. The van der Waals surface area contributed by atoms with Crippen molar-refractivity contribution in [1.82, 2.24) is 9.80 Å². The van der Waals surface area contributed by atoms with Crippen molar-refractivity contribution >= 4 is 11.8 Å². The van der Waals surface area contributed by atoms with Crippen molar-refractivity contribution < 1.29 is 33.0 Å². The number of furan rings is 2. The van der Waals surface area contributed by atoms with Gasteiger partial charge in [-0.15, -0.1) is 6.58 Å². The molecule has 0 saturated heterocycles. The van der Waals surface area contributed by atoms with Crippen LogP contribution in [-0.2, 0) is 29.3 Å². The van der Waals surface area contributed by atoms with E-state index in [1.165, 1.54) is 4.90 Å². The van der Waals surface area contributed by atoms with E-state index in [1.54, 1.807) is 54.9 Å². The summed E-state index contributed by atoms with van der Waals surface area (Å²) in [6.45, 7) is 8.58. The SMILES string of the molecule is C=CCC.COc1ccc([C@@H](C)COC2(c3ccccc3)c3ccccc3C(=O)N2Cc2ccco2)cc1.O=C1c2ccccc2C(O)(c2ccccc2)N1Cc1ccco1. The molecule has 3 atom stereocenters. The summed E-state index contributed by atoms with van der Waals surface area (Å²) in [6.07, 6.45) is 6.14. The number of aliphatic hydroxyl groups is 1. The Balaban J connectivity index is 0.000000180. The lowest BCUT2D eigenvalue weighted by Crippen LogP contribution is -2.47. The van der Waals surface area contributed by atoms with E-state index in [0.717, 1.165) is 28.9 Å². The second-order valence-corrected chi connectivity index (χ2v) is 14.8. The zero-order valence-corrected chi connectivity index (χ0v) is 34.6. The van der Waals surface area contributed by atoms with Crippen LogP contribution in [0.2, 0.25) is 0 Å². The molecule has 2 aliphatic heterocycles. The van der Waals surface area contributed by atoms with Crippen LogP contribution in [0.1, 0.15) is 86.2 Å². The maximum atomic E-state index is 13.7. The fourth-order valence-corrected chi connectivity index (χ4v) is 7.77. The zero-order valence-electron chi connectivity index (χ0n) is 34.6. The Labute approximate surface area is 357 Å². The molecule has 1 N–H and O–H groups in total. The van der Waals surface area contributed by atoms with E-state index in [9.17, 15) is 14.7 Å². The van der Waals surface area contributed by atoms with Crippen molar-refractivity contribution in [3.63, 3.8) is 0 Å². The number of hydrogen-bond donors (Lipinski definition) is 1. The van der Waals surface area contributed by atoms with Crippen LogP contribution in [0.3, 0.4) is 0 Å². The number of carbonyl (C=O) groups is 2. The van der Waals surface area contributed by atoms with E-state index in [4.69, 9.17) is 18.3 Å². The van der Waals surface area contributed by atoms with Crippen LogP contribution in [0, 0.1) is 0 Å². The summed E-state index contributed by atoms with van der Waals surface area (Å²) in [7, 11) is 1.66. The van der Waals surface area contributed by atoms with E-state index in [2.05, 4.69) is 32.6 Å². The monoisotopic (exact) mass is 814 g/mol. The molecule has 0 bridgehead atoms. The second-order valence-electron chi connectivity index (χ2n) is 14.8. The van der Waals surface area contributed by atoms with E-state index in [1.807, 2.05) is 121 Å². The van der Waals surface area contributed by atoms with Gasteiger partial charge in [0.15, 0.2) is 11.4 Å². The number of carbonyl (C=O) groups excluding carboxylic acids is 2. The molecule has 2 aliphatic rings. The van der Waals surface area contributed by atoms with Gasteiger partial charge in [-0.1, -0.05) is 129 Å². The number of allylic oxidation sites excluding steroid dienone is 1. The van der Waals surface area contributed by atoms with Gasteiger partial charge in [0.1, 0.15) is 17.3 Å². The largest absolute Gasteiger partial charge is 0.497 e. The number of ether oxygens (including phenoxy) is 2. The molecular weight excluding hydrogens is 765 g/mol. The number of rotatable bonds is 12. The van der Waals surface area contributed by atoms with Crippen molar-refractivity contribution in [2.75, 3.05) is 13.7 Å². The quantitative estimate of drug-likeness (QED) is 0.122. The average Bonchev–Trinajstić information content (AvgIpc) is 4.13. The van der Waals surface area contributed by atoms with Crippen LogP contribution in [0.4, 0.5) is 0 Å². The highest BCUT2D eigenvalue weighted by Gasteiger charge is 2.53. The first-order valence-corrected chi connectivity index (χ1v) is 20.4. The van der Waals surface area contributed by atoms with Gasteiger partial charge in [-0.3, -0.25) is 19.4 Å². The van der Waals surface area contributed by atoms with Crippen molar-refractivity contribution in [3.8, 4) is 5.75 Å². The van der Waals surface area contributed by atoms with Crippen molar-refractivity contribution in [3.05, 3.63) is 233 Å². The van der Waals surface area contributed by atoms with Gasteiger partial charge in [-0.05, 0) is 60.5 Å². The van der Waals surface area contributed by atoms with Gasteiger partial charge in [0, 0.05) is 39.3 Å². The Morgan fingerprint density at radius 2 is 1.15 bits per heavy atom. The van der Waals surface area contributed by atoms with Crippen LogP contribution in [0.25, 0.3) is 0 Å². The summed E-state index contributed by atoms with van der Waals surface area (Å²) < 4.78 is 23.1. The molecule has 310 valence electrons. The van der Waals surface area contributed by atoms with E-state index < -0.39 is 11.4 Å². The highest BCUT2D eigenvalue weighted by atomic mass is 16.5. The molecule has 9 nitrogen and oxygen atoms in total. The molecule has 9 rings (SSSR count). The van der Waals surface area contributed by atoms with E-state index in [0.29, 0.717) is 46.9 Å². The number of fused-ring (bicyclic) bond motifs is 2. The zero-order chi connectivity index (χ0) is 42.8. The summed E-state index contributed by atoms with van der Waals surface area (Å²) in [6, 6.07) is 49.3. The molecule has 4 heterocycles. The van der Waals surface area contributed by atoms with Crippen LogP contribution in [0.5, 0.6) is 5.75 Å². The summed E-state index contributed by atoms with van der Waals surface area (Å²) >= 11 is 0. The number of benzene rings is 5. The van der Waals surface area contributed by atoms with E-state index >= 15 is 0 Å². The van der Waals surface area contributed by atoms with Gasteiger partial charge < -0.3 is 23.4 Å². The molecule has 0 aliphatic carbocycles. The van der Waals surface area contributed by atoms with Crippen LogP contribution in [-0.4, -0.2) is 40.4 Å². The molecule has 5 aromatic carbocycles. The number of nitrogens with zero attached hydrogens (tertiary/aromatic N) is 2. The molecule has 0 saturated carbocycles. The Morgan fingerprint density at radius 3 is 1.69 bits per heavy atom. The van der Waals surface area contributed by atoms with Gasteiger partial charge in [0.25, 0.3) is 11.8 Å². The first-order chi connectivity index (χ1) is 29.8. The molecule has 61 heavy (non-hydrogen) atoms. The lowest BCUT2D eigenvalue weighted by Gasteiger charge is -2.40. The smallest absolute Gasteiger partial charge is 0.257 e. The minimum atomic E-state index is -1.50. The molecule has 9 heteroatoms. The third-order valence-electron chi connectivity index (χ3n) is 11.0. The molecule has 7 aromatic rings. The summed E-state index contributed by atoms with van der Waals surface area (Å²) in [5, 5.41) is 11.5. The van der Waals surface area contributed by atoms with E-state index in [-0.39, 0.29) is 24.3 Å². The highest BCUT2D eigenvalue weighted by Crippen LogP contribution is 2.47. The van der Waals surface area contributed by atoms with Crippen molar-refractivity contribution in [1.29, 1.82) is 0 Å². The Bertz CT molecular complexity index is 2500. The third-order valence-corrected chi connectivity index (χ3v) is 11.0. The summed E-state index contributed by atoms with van der Waals surface area (Å²) in [4.78, 5) is 29.8. The average molecular weight is 815 g/mol. The van der Waals surface area contributed by atoms with Gasteiger partial charge in [-0.25, -0.2) is 0 Å². The van der Waals surface area contributed by atoms with Crippen molar-refractivity contribution in [2.24, 2.45) is 0 Å². The maximum Gasteiger partial charge on any atom is 0.257 e.